The van der Waals surface area contributed by atoms with Crippen molar-refractivity contribution in [1.29, 1.82) is 0 Å². The van der Waals surface area contributed by atoms with Crippen molar-refractivity contribution >= 4 is 0 Å². The Morgan fingerprint density at radius 1 is 1.08 bits per heavy atom. The molecule has 0 aliphatic heterocycles. The second kappa shape index (κ2) is 2.51. The molecule has 0 amide bonds. The molecule has 66 valence electrons. The average Bonchev–Trinajstić information content (AvgIpc) is 2.33. The van der Waals surface area contributed by atoms with E-state index in [1.165, 1.54) is 18.5 Å². The van der Waals surface area contributed by atoms with E-state index in [4.69, 9.17) is 0 Å². The quantitative estimate of drug-likeness (QED) is 0.554. The molecule has 0 N–H and O–H groups in total. The van der Waals surface area contributed by atoms with Crippen molar-refractivity contribution in [2.75, 3.05) is 0 Å². The molecule has 1 aromatic rings. The standard InChI is InChI=1S/C9H14N2O/c1-10-8-6-4-3-5-7(8)9(12)11(10)2/h3-6H2,1-2H3. The Morgan fingerprint density at radius 3 is 2.42 bits per heavy atom. The first-order valence-corrected chi connectivity index (χ1v) is 4.45. The van der Waals surface area contributed by atoms with Gasteiger partial charge in [0, 0.05) is 25.4 Å². The molecular formula is C9H14N2O. The summed E-state index contributed by atoms with van der Waals surface area (Å²) < 4.78 is 3.69. The van der Waals surface area contributed by atoms with Crippen molar-refractivity contribution in [2.24, 2.45) is 14.1 Å². The van der Waals surface area contributed by atoms with E-state index in [9.17, 15) is 4.79 Å². The lowest BCUT2D eigenvalue weighted by Crippen LogP contribution is -2.18. The second-order valence-corrected chi connectivity index (χ2v) is 3.48. The van der Waals surface area contributed by atoms with Gasteiger partial charge in [0.25, 0.3) is 5.56 Å². The molecule has 0 atom stereocenters. The van der Waals surface area contributed by atoms with Crippen LogP contribution in [0.25, 0.3) is 0 Å². The zero-order chi connectivity index (χ0) is 8.72. The second-order valence-electron chi connectivity index (χ2n) is 3.48. The number of hydrogen-bond donors (Lipinski definition) is 0. The molecule has 0 aromatic carbocycles. The lowest BCUT2D eigenvalue weighted by molar-refractivity contribution is 0.545. The van der Waals surface area contributed by atoms with Crippen LogP contribution in [0, 0.1) is 0 Å². The van der Waals surface area contributed by atoms with Gasteiger partial charge < -0.3 is 0 Å². The minimum absolute atomic E-state index is 0.201. The van der Waals surface area contributed by atoms with E-state index in [0.717, 1.165) is 18.4 Å². The fourth-order valence-electron chi connectivity index (χ4n) is 1.99. The number of fused-ring (bicyclic) bond motifs is 1. The van der Waals surface area contributed by atoms with E-state index < -0.39 is 0 Å². The third kappa shape index (κ3) is 0.854. The largest absolute Gasteiger partial charge is 0.290 e. The normalized spacial score (nSPS) is 16.2. The fraction of sp³-hybridized carbons (Fsp3) is 0.667. The minimum atomic E-state index is 0.201. The molecule has 0 spiro atoms. The van der Waals surface area contributed by atoms with Crippen LogP contribution < -0.4 is 5.56 Å². The molecule has 1 aliphatic carbocycles. The Labute approximate surface area is 71.6 Å². The molecule has 0 saturated carbocycles. The highest BCUT2D eigenvalue weighted by Gasteiger charge is 2.18. The number of aromatic nitrogens is 2. The van der Waals surface area contributed by atoms with Gasteiger partial charge in [0.15, 0.2) is 0 Å². The molecule has 12 heavy (non-hydrogen) atoms. The Hall–Kier alpha value is -0.990. The Morgan fingerprint density at radius 2 is 1.75 bits per heavy atom. The summed E-state index contributed by atoms with van der Waals surface area (Å²) in [6, 6.07) is 0. The van der Waals surface area contributed by atoms with E-state index in [2.05, 4.69) is 0 Å². The summed E-state index contributed by atoms with van der Waals surface area (Å²) in [6.45, 7) is 0. The monoisotopic (exact) mass is 166 g/mol. The number of hydrogen-bond acceptors (Lipinski definition) is 1. The molecule has 3 heteroatoms. The SMILES string of the molecule is Cn1c2c(c(=O)n1C)CCCC2. The Balaban J connectivity index is 2.68. The van der Waals surface area contributed by atoms with Crippen LogP contribution in [-0.4, -0.2) is 9.36 Å². The molecule has 0 saturated heterocycles. The summed E-state index contributed by atoms with van der Waals surface area (Å²) in [5.41, 5.74) is 2.49. The highest BCUT2D eigenvalue weighted by molar-refractivity contribution is 5.21. The highest BCUT2D eigenvalue weighted by atomic mass is 16.1. The highest BCUT2D eigenvalue weighted by Crippen LogP contribution is 2.17. The summed E-state index contributed by atoms with van der Waals surface area (Å²) in [7, 11) is 3.80. The van der Waals surface area contributed by atoms with Gasteiger partial charge in [0.1, 0.15) is 0 Å². The first-order valence-electron chi connectivity index (χ1n) is 4.45. The minimum Gasteiger partial charge on any atom is -0.290 e. The molecule has 1 aliphatic rings. The zero-order valence-electron chi connectivity index (χ0n) is 7.63. The van der Waals surface area contributed by atoms with Gasteiger partial charge in [-0.3, -0.25) is 14.2 Å². The summed E-state index contributed by atoms with van der Waals surface area (Å²) in [5.74, 6) is 0. The van der Waals surface area contributed by atoms with Crippen molar-refractivity contribution in [3.05, 3.63) is 21.6 Å². The van der Waals surface area contributed by atoms with Crippen LogP contribution in [-0.2, 0) is 26.9 Å². The lowest BCUT2D eigenvalue weighted by atomic mass is 9.98. The van der Waals surface area contributed by atoms with Crippen LogP contribution in [0.15, 0.2) is 4.79 Å². The van der Waals surface area contributed by atoms with Gasteiger partial charge in [-0.1, -0.05) is 0 Å². The Bertz CT molecular complexity index is 359. The number of rotatable bonds is 0. The maximum atomic E-state index is 11.6. The van der Waals surface area contributed by atoms with Crippen LogP contribution in [0.3, 0.4) is 0 Å². The van der Waals surface area contributed by atoms with Crippen LogP contribution in [0.4, 0.5) is 0 Å². The van der Waals surface area contributed by atoms with Crippen LogP contribution in [0.2, 0.25) is 0 Å². The van der Waals surface area contributed by atoms with E-state index in [1.807, 2.05) is 18.8 Å². The molecule has 1 aromatic heterocycles. The maximum Gasteiger partial charge on any atom is 0.269 e. The third-order valence-electron chi connectivity index (χ3n) is 2.83. The predicted molar refractivity (Wildman–Crippen MR) is 47.3 cm³/mol. The number of nitrogens with zero attached hydrogens (tertiary/aromatic N) is 2. The summed E-state index contributed by atoms with van der Waals surface area (Å²) in [4.78, 5) is 11.6. The van der Waals surface area contributed by atoms with Gasteiger partial charge in [0.2, 0.25) is 0 Å². The van der Waals surface area contributed by atoms with Crippen molar-refractivity contribution in [2.45, 2.75) is 25.7 Å². The average molecular weight is 166 g/mol. The van der Waals surface area contributed by atoms with E-state index in [-0.39, 0.29) is 5.56 Å². The van der Waals surface area contributed by atoms with Gasteiger partial charge in [0.05, 0.1) is 0 Å². The first-order chi connectivity index (χ1) is 5.72. The lowest BCUT2D eigenvalue weighted by Gasteiger charge is -2.11. The van der Waals surface area contributed by atoms with Crippen LogP contribution in [0.1, 0.15) is 24.1 Å². The van der Waals surface area contributed by atoms with Crippen molar-refractivity contribution in [1.82, 2.24) is 9.36 Å². The summed E-state index contributed by atoms with van der Waals surface area (Å²) in [6.07, 6.45) is 4.45. The van der Waals surface area contributed by atoms with Gasteiger partial charge in [-0.2, -0.15) is 0 Å². The molecule has 2 rings (SSSR count). The molecule has 3 nitrogen and oxygen atoms in total. The van der Waals surface area contributed by atoms with Crippen molar-refractivity contribution in [3.63, 3.8) is 0 Å². The van der Waals surface area contributed by atoms with Crippen LogP contribution >= 0.6 is 0 Å². The molecule has 0 radical (unpaired) electrons. The fourth-order valence-corrected chi connectivity index (χ4v) is 1.99. The predicted octanol–water partition coefficient (Wildman–Crippen LogP) is 0.603. The van der Waals surface area contributed by atoms with Gasteiger partial charge in [-0.15, -0.1) is 0 Å². The first kappa shape index (κ1) is 7.65. The van der Waals surface area contributed by atoms with Crippen LogP contribution in [0.5, 0.6) is 0 Å². The Kier molecular flexibility index (Phi) is 1.60. The van der Waals surface area contributed by atoms with Gasteiger partial charge in [-0.25, -0.2) is 0 Å². The van der Waals surface area contributed by atoms with E-state index in [1.54, 1.807) is 4.68 Å². The maximum absolute atomic E-state index is 11.6. The van der Waals surface area contributed by atoms with Gasteiger partial charge >= 0.3 is 0 Å². The smallest absolute Gasteiger partial charge is 0.269 e. The topological polar surface area (TPSA) is 26.9 Å². The molecule has 1 heterocycles. The van der Waals surface area contributed by atoms with Crippen molar-refractivity contribution in [3.8, 4) is 0 Å². The van der Waals surface area contributed by atoms with Crippen molar-refractivity contribution < 1.29 is 0 Å². The summed E-state index contributed by atoms with van der Waals surface area (Å²) in [5, 5.41) is 0. The van der Waals surface area contributed by atoms with E-state index >= 15 is 0 Å². The van der Waals surface area contributed by atoms with Gasteiger partial charge in [-0.05, 0) is 25.7 Å². The molecule has 0 fully saturated rings. The zero-order valence-corrected chi connectivity index (χ0v) is 7.63. The molecule has 0 bridgehead atoms. The molecule has 0 unspecified atom stereocenters. The summed E-state index contributed by atoms with van der Waals surface area (Å²) >= 11 is 0. The van der Waals surface area contributed by atoms with E-state index in [0.29, 0.717) is 0 Å². The third-order valence-corrected chi connectivity index (χ3v) is 2.83. The molecular weight excluding hydrogens is 152 g/mol.